The van der Waals surface area contributed by atoms with Crippen LogP contribution in [-0.4, -0.2) is 26.2 Å². The van der Waals surface area contributed by atoms with Crippen LogP contribution in [0.5, 0.6) is 0 Å². The third-order valence-electron chi connectivity index (χ3n) is 5.34. The molecule has 2 rings (SSSR count). The van der Waals surface area contributed by atoms with E-state index in [-0.39, 0.29) is 11.6 Å². The predicted molar refractivity (Wildman–Crippen MR) is 105 cm³/mol. The zero-order chi connectivity index (χ0) is 18.6. The minimum absolute atomic E-state index is 0.261. The van der Waals surface area contributed by atoms with Crippen molar-refractivity contribution in [1.29, 1.82) is 0 Å². The molecule has 1 aliphatic heterocycles. The van der Waals surface area contributed by atoms with E-state index < -0.39 is 8.07 Å². The zero-order valence-corrected chi connectivity index (χ0v) is 17.4. The second-order valence-electron chi connectivity index (χ2n) is 7.79. The van der Waals surface area contributed by atoms with Crippen LogP contribution in [-0.2, 0) is 4.84 Å². The van der Waals surface area contributed by atoms with Crippen LogP contribution < -0.4 is 5.06 Å². The lowest BCUT2D eigenvalue weighted by Crippen LogP contribution is -2.43. The highest BCUT2D eigenvalue weighted by Gasteiger charge is 2.41. The Morgan fingerprint density at radius 1 is 1.08 bits per heavy atom. The molecule has 1 saturated heterocycles. The molecule has 1 aromatic rings. The number of nitrogens with zero attached hydrogens (tertiary/aromatic N) is 2. The Bertz CT molecular complexity index is 621. The van der Waals surface area contributed by atoms with E-state index in [4.69, 9.17) is 4.84 Å². The fraction of sp³-hybridized carbons (Fsp3) is 0.650. The highest BCUT2D eigenvalue weighted by Crippen LogP contribution is 2.40. The maximum atomic E-state index is 14.2. The van der Waals surface area contributed by atoms with Crippen molar-refractivity contribution in [2.45, 2.75) is 71.0 Å². The molecule has 0 radical (unpaired) electrons. The monoisotopic (exact) mass is 362 g/mol. The molecule has 2 heterocycles. The summed E-state index contributed by atoms with van der Waals surface area (Å²) in [5.41, 5.74) is 5.95. The van der Waals surface area contributed by atoms with Gasteiger partial charge in [0.05, 0.1) is 6.61 Å². The Morgan fingerprint density at radius 2 is 1.72 bits per heavy atom. The number of hydrogen-bond donors (Lipinski definition) is 0. The molecule has 5 heteroatoms. The van der Waals surface area contributed by atoms with Crippen molar-refractivity contribution in [3.05, 3.63) is 23.6 Å². The van der Waals surface area contributed by atoms with Gasteiger partial charge in [0, 0.05) is 6.54 Å². The van der Waals surface area contributed by atoms with Gasteiger partial charge in [-0.3, -0.25) is 4.84 Å². The number of rotatable bonds is 4. The van der Waals surface area contributed by atoms with E-state index in [1.54, 1.807) is 11.1 Å². The van der Waals surface area contributed by atoms with Crippen molar-refractivity contribution in [3.8, 4) is 11.5 Å². The van der Waals surface area contributed by atoms with Gasteiger partial charge >= 0.3 is 0 Å². The molecule has 0 atom stereocenters. The first kappa shape index (κ1) is 19.9. The summed E-state index contributed by atoms with van der Waals surface area (Å²) < 4.78 is 14.2. The molecule has 0 bridgehead atoms. The van der Waals surface area contributed by atoms with Crippen LogP contribution in [0.25, 0.3) is 0 Å². The van der Waals surface area contributed by atoms with E-state index in [9.17, 15) is 4.39 Å². The van der Waals surface area contributed by atoms with Crippen molar-refractivity contribution < 1.29 is 9.23 Å². The van der Waals surface area contributed by atoms with E-state index in [1.165, 1.54) is 6.07 Å². The number of aromatic nitrogens is 1. The van der Waals surface area contributed by atoms with Crippen LogP contribution in [0.2, 0.25) is 16.6 Å². The van der Waals surface area contributed by atoms with Crippen molar-refractivity contribution in [1.82, 2.24) is 4.98 Å². The Balaban J connectivity index is 2.38. The van der Waals surface area contributed by atoms with Crippen molar-refractivity contribution >= 4 is 13.9 Å². The van der Waals surface area contributed by atoms with Crippen LogP contribution in [0, 0.1) is 17.3 Å². The summed E-state index contributed by atoms with van der Waals surface area (Å²) in [6.45, 7) is 15.0. The first-order valence-electron chi connectivity index (χ1n) is 9.39. The first-order valence-corrected chi connectivity index (χ1v) is 11.6. The standard InChI is InChI=1S/C20H31FN2OSi/c1-15(2)25(16(3)4,17(5)6)14-11-18-9-10-19(21)20(22-18)23-12-7-8-13-24-23/h9-10,15-17H,7-8,12-13H2,1-6H3. The SMILES string of the molecule is CC(C)[Si](C#Cc1ccc(F)c(N2CCCCO2)n1)(C(C)C)C(C)C. The van der Waals surface area contributed by atoms with Gasteiger partial charge in [-0.05, 0) is 41.6 Å². The molecule has 0 saturated carbocycles. The molecular weight excluding hydrogens is 331 g/mol. The third-order valence-corrected chi connectivity index (χ3v) is 11.6. The normalized spacial score (nSPS) is 15.7. The molecule has 1 aromatic heterocycles. The summed E-state index contributed by atoms with van der Waals surface area (Å²) in [6.07, 6.45) is 1.99. The number of hydroxylamine groups is 1. The van der Waals surface area contributed by atoms with Crippen molar-refractivity contribution in [3.63, 3.8) is 0 Å². The van der Waals surface area contributed by atoms with Gasteiger partial charge in [0.2, 0.25) is 0 Å². The van der Waals surface area contributed by atoms with Gasteiger partial charge in [0.1, 0.15) is 13.8 Å². The zero-order valence-electron chi connectivity index (χ0n) is 16.4. The summed E-state index contributed by atoms with van der Waals surface area (Å²) in [6, 6.07) is 3.13. The van der Waals surface area contributed by atoms with Crippen LogP contribution in [0.1, 0.15) is 60.1 Å². The first-order chi connectivity index (χ1) is 11.8. The molecule has 0 aromatic carbocycles. The smallest absolute Gasteiger partial charge is 0.190 e. The maximum absolute atomic E-state index is 14.2. The number of anilines is 1. The van der Waals surface area contributed by atoms with Crippen LogP contribution >= 0.6 is 0 Å². The van der Waals surface area contributed by atoms with Gasteiger partial charge in [-0.2, -0.15) is 0 Å². The fourth-order valence-electron chi connectivity index (χ4n) is 4.05. The van der Waals surface area contributed by atoms with Gasteiger partial charge in [-0.1, -0.05) is 47.5 Å². The fourth-order valence-corrected chi connectivity index (χ4v) is 9.26. The van der Waals surface area contributed by atoms with Crippen molar-refractivity contribution in [2.24, 2.45) is 0 Å². The second-order valence-corrected chi connectivity index (χ2v) is 13.4. The molecule has 0 aliphatic carbocycles. The van der Waals surface area contributed by atoms with Crippen LogP contribution in [0.3, 0.4) is 0 Å². The molecule has 25 heavy (non-hydrogen) atoms. The maximum Gasteiger partial charge on any atom is 0.190 e. The number of hydrogen-bond acceptors (Lipinski definition) is 3. The Labute approximate surface area is 152 Å². The average Bonchev–Trinajstić information content (AvgIpc) is 2.56. The van der Waals surface area contributed by atoms with Gasteiger partial charge in [0.25, 0.3) is 0 Å². The van der Waals surface area contributed by atoms with Crippen LogP contribution in [0.15, 0.2) is 12.1 Å². The topological polar surface area (TPSA) is 25.4 Å². The Kier molecular flexibility index (Phi) is 6.64. The predicted octanol–water partition coefficient (Wildman–Crippen LogP) is 5.32. The van der Waals surface area contributed by atoms with Crippen molar-refractivity contribution in [2.75, 3.05) is 18.2 Å². The number of halogens is 1. The van der Waals surface area contributed by atoms with E-state index in [0.717, 1.165) is 12.8 Å². The highest BCUT2D eigenvalue weighted by molar-refractivity contribution is 6.90. The summed E-state index contributed by atoms with van der Waals surface area (Å²) >= 11 is 0. The Morgan fingerprint density at radius 3 is 2.24 bits per heavy atom. The summed E-state index contributed by atoms with van der Waals surface area (Å²) in [5, 5.41) is 1.57. The summed E-state index contributed by atoms with van der Waals surface area (Å²) in [5.74, 6) is 3.20. The molecule has 1 fully saturated rings. The molecule has 0 N–H and O–H groups in total. The van der Waals surface area contributed by atoms with Gasteiger partial charge in [-0.25, -0.2) is 14.4 Å². The Hall–Kier alpha value is -1.38. The minimum atomic E-state index is -1.82. The quantitative estimate of drug-likeness (QED) is 0.535. The van der Waals surface area contributed by atoms with E-state index >= 15 is 0 Å². The molecule has 3 nitrogen and oxygen atoms in total. The lowest BCUT2D eigenvalue weighted by molar-refractivity contribution is 0.0745. The molecule has 0 unspecified atom stereocenters. The van der Waals surface area contributed by atoms with Crippen LogP contribution in [0.4, 0.5) is 10.2 Å². The lowest BCUT2D eigenvalue weighted by Gasteiger charge is -2.38. The third kappa shape index (κ3) is 4.24. The average molecular weight is 363 g/mol. The van der Waals surface area contributed by atoms with Gasteiger partial charge in [0.15, 0.2) is 11.6 Å². The molecular formula is C20H31FN2OSi. The van der Waals surface area contributed by atoms with Gasteiger partial charge < -0.3 is 0 Å². The minimum Gasteiger partial charge on any atom is -0.272 e. The van der Waals surface area contributed by atoms with Gasteiger partial charge in [-0.15, -0.1) is 5.54 Å². The second kappa shape index (κ2) is 8.33. The van der Waals surface area contributed by atoms with E-state index in [1.807, 2.05) is 0 Å². The molecule has 0 spiro atoms. The van der Waals surface area contributed by atoms with E-state index in [0.29, 0.717) is 35.5 Å². The molecule has 1 aliphatic rings. The summed E-state index contributed by atoms with van der Waals surface area (Å²) in [7, 11) is -1.82. The highest BCUT2D eigenvalue weighted by atomic mass is 28.3. The molecule has 0 amide bonds. The van der Waals surface area contributed by atoms with E-state index in [2.05, 4.69) is 58.0 Å². The summed E-state index contributed by atoms with van der Waals surface area (Å²) in [4.78, 5) is 10.0. The lowest BCUT2D eigenvalue weighted by atomic mass is 10.3. The largest absolute Gasteiger partial charge is 0.272 e. The molecule has 138 valence electrons. The number of pyridine rings is 1.